The van der Waals surface area contributed by atoms with Gasteiger partial charge in [0.2, 0.25) is 0 Å². The molecule has 5 heteroatoms. The van der Waals surface area contributed by atoms with Crippen LogP contribution < -0.4 is 5.32 Å². The van der Waals surface area contributed by atoms with Crippen LogP contribution in [0.5, 0.6) is 0 Å². The number of aromatic nitrogens is 3. The van der Waals surface area contributed by atoms with Crippen LogP contribution in [0.1, 0.15) is 68.9 Å². The number of piperidine rings is 1. The lowest BCUT2D eigenvalue weighted by Crippen LogP contribution is -2.36. The van der Waals surface area contributed by atoms with E-state index < -0.39 is 0 Å². The lowest BCUT2D eigenvalue weighted by atomic mass is 9.86. The molecule has 0 bridgehead atoms. The first-order valence-electron chi connectivity index (χ1n) is 9.75. The smallest absolute Gasteiger partial charge is 0.147 e. The summed E-state index contributed by atoms with van der Waals surface area (Å²) in [6.45, 7) is 6.79. The van der Waals surface area contributed by atoms with Crippen LogP contribution in [-0.2, 0) is 13.1 Å². The van der Waals surface area contributed by atoms with Gasteiger partial charge in [-0.15, -0.1) is 10.2 Å². The molecule has 0 unspecified atom stereocenters. The van der Waals surface area contributed by atoms with Crippen LogP contribution in [0.2, 0.25) is 0 Å². The normalized spacial score (nSPS) is 24.7. The summed E-state index contributed by atoms with van der Waals surface area (Å²) >= 11 is 0. The second kappa shape index (κ2) is 7.31. The molecule has 5 nitrogen and oxygen atoms in total. The summed E-state index contributed by atoms with van der Waals surface area (Å²) in [7, 11) is 0. The van der Waals surface area contributed by atoms with E-state index in [1.807, 2.05) is 0 Å². The lowest BCUT2D eigenvalue weighted by Gasteiger charge is -2.33. The zero-order valence-electron chi connectivity index (χ0n) is 14.3. The molecule has 0 radical (unpaired) electrons. The third-order valence-electron chi connectivity index (χ3n) is 6.18. The summed E-state index contributed by atoms with van der Waals surface area (Å²) in [6.07, 6.45) is 11.3. The van der Waals surface area contributed by atoms with Crippen molar-refractivity contribution in [3.63, 3.8) is 0 Å². The second-order valence-electron chi connectivity index (χ2n) is 7.71. The third-order valence-corrected chi connectivity index (χ3v) is 6.18. The maximum Gasteiger partial charge on any atom is 0.147 e. The van der Waals surface area contributed by atoms with E-state index in [9.17, 15) is 0 Å². The van der Waals surface area contributed by atoms with Gasteiger partial charge in [0.15, 0.2) is 0 Å². The summed E-state index contributed by atoms with van der Waals surface area (Å²) in [5.41, 5.74) is 0. The third kappa shape index (κ3) is 3.61. The Morgan fingerprint density at radius 3 is 2.61 bits per heavy atom. The van der Waals surface area contributed by atoms with E-state index in [4.69, 9.17) is 0 Å². The summed E-state index contributed by atoms with van der Waals surface area (Å²) in [6, 6.07) is 0. The Hall–Kier alpha value is -0.940. The second-order valence-corrected chi connectivity index (χ2v) is 7.71. The molecule has 2 fully saturated rings. The minimum atomic E-state index is 0.625. The van der Waals surface area contributed by atoms with Crippen LogP contribution in [0.25, 0.3) is 0 Å². The van der Waals surface area contributed by atoms with E-state index in [1.54, 1.807) is 0 Å². The largest absolute Gasteiger partial charge is 0.312 e. The summed E-state index contributed by atoms with van der Waals surface area (Å²) in [4.78, 5) is 2.69. The highest BCUT2D eigenvalue weighted by Crippen LogP contribution is 2.30. The first-order valence-corrected chi connectivity index (χ1v) is 9.75. The van der Waals surface area contributed by atoms with Crippen molar-refractivity contribution in [2.24, 2.45) is 5.92 Å². The molecular formula is C18H31N5. The molecule has 1 aromatic heterocycles. The Bertz CT molecular complexity index is 498. The zero-order chi connectivity index (χ0) is 15.5. The fraction of sp³-hybridized carbons (Fsp3) is 0.889. The average molecular weight is 317 g/mol. The lowest BCUT2D eigenvalue weighted by molar-refractivity contribution is 0.185. The minimum Gasteiger partial charge on any atom is -0.312 e. The first-order chi connectivity index (χ1) is 11.4. The Morgan fingerprint density at radius 2 is 1.78 bits per heavy atom. The number of fused-ring (bicyclic) bond motifs is 1. The van der Waals surface area contributed by atoms with Crippen LogP contribution in [0.4, 0.5) is 0 Å². The quantitative estimate of drug-likeness (QED) is 0.927. The van der Waals surface area contributed by atoms with Crippen molar-refractivity contribution in [3.8, 4) is 0 Å². The first kappa shape index (κ1) is 15.6. The molecule has 2 aliphatic heterocycles. The van der Waals surface area contributed by atoms with E-state index in [-0.39, 0.29) is 0 Å². The maximum atomic E-state index is 4.52. The molecule has 0 aromatic carbocycles. The SMILES string of the molecule is C1CCC(CCN2CCC(c3nnc4n3CCNC4)CC2)CC1. The molecule has 1 aromatic rings. The van der Waals surface area contributed by atoms with Gasteiger partial charge in [0.05, 0.1) is 6.54 Å². The van der Waals surface area contributed by atoms with Crippen molar-refractivity contribution < 1.29 is 0 Å². The molecule has 1 N–H and O–H groups in total. The molecule has 1 saturated heterocycles. The van der Waals surface area contributed by atoms with Crippen molar-refractivity contribution in [1.82, 2.24) is 25.0 Å². The molecule has 3 aliphatic rings. The van der Waals surface area contributed by atoms with E-state index in [0.29, 0.717) is 5.92 Å². The zero-order valence-corrected chi connectivity index (χ0v) is 14.3. The monoisotopic (exact) mass is 317 g/mol. The fourth-order valence-electron chi connectivity index (χ4n) is 4.67. The van der Waals surface area contributed by atoms with Gasteiger partial charge in [0, 0.05) is 19.0 Å². The minimum absolute atomic E-state index is 0.625. The van der Waals surface area contributed by atoms with E-state index in [2.05, 4.69) is 25.0 Å². The maximum absolute atomic E-state index is 4.52. The molecule has 3 heterocycles. The predicted octanol–water partition coefficient (Wildman–Crippen LogP) is 2.53. The molecule has 1 saturated carbocycles. The van der Waals surface area contributed by atoms with Gasteiger partial charge in [-0.25, -0.2) is 0 Å². The van der Waals surface area contributed by atoms with Crippen molar-refractivity contribution >= 4 is 0 Å². The van der Waals surface area contributed by atoms with Crippen LogP contribution in [0, 0.1) is 5.92 Å². The number of nitrogens with zero attached hydrogens (tertiary/aromatic N) is 4. The summed E-state index contributed by atoms with van der Waals surface area (Å²) in [5, 5.41) is 12.3. The van der Waals surface area contributed by atoms with Gasteiger partial charge < -0.3 is 14.8 Å². The average Bonchev–Trinajstić information content (AvgIpc) is 3.05. The number of likely N-dealkylation sites (tertiary alicyclic amines) is 1. The molecule has 4 rings (SSSR count). The molecule has 0 amide bonds. The predicted molar refractivity (Wildman–Crippen MR) is 91.3 cm³/mol. The highest BCUT2D eigenvalue weighted by molar-refractivity contribution is 5.05. The Kier molecular flexibility index (Phi) is 4.95. The van der Waals surface area contributed by atoms with Gasteiger partial charge >= 0.3 is 0 Å². The molecule has 0 spiro atoms. The molecule has 23 heavy (non-hydrogen) atoms. The number of rotatable bonds is 4. The Balaban J connectivity index is 1.26. The van der Waals surface area contributed by atoms with Crippen molar-refractivity contribution in [1.29, 1.82) is 0 Å². The molecule has 0 atom stereocenters. The highest BCUT2D eigenvalue weighted by atomic mass is 15.3. The highest BCUT2D eigenvalue weighted by Gasteiger charge is 2.27. The van der Waals surface area contributed by atoms with Crippen molar-refractivity contribution in [3.05, 3.63) is 11.6 Å². The van der Waals surface area contributed by atoms with Crippen LogP contribution in [-0.4, -0.2) is 45.8 Å². The Labute approximate surface area is 139 Å². The van der Waals surface area contributed by atoms with Crippen molar-refractivity contribution in [2.75, 3.05) is 26.2 Å². The van der Waals surface area contributed by atoms with Crippen LogP contribution in [0.3, 0.4) is 0 Å². The van der Waals surface area contributed by atoms with Crippen LogP contribution >= 0.6 is 0 Å². The van der Waals surface area contributed by atoms with Gasteiger partial charge in [-0.05, 0) is 44.8 Å². The molecule has 1 aliphatic carbocycles. The van der Waals surface area contributed by atoms with Gasteiger partial charge in [-0.3, -0.25) is 0 Å². The van der Waals surface area contributed by atoms with Gasteiger partial charge in [-0.2, -0.15) is 0 Å². The van der Waals surface area contributed by atoms with E-state index in [0.717, 1.165) is 31.4 Å². The fourth-order valence-corrected chi connectivity index (χ4v) is 4.67. The number of hydrogen-bond donors (Lipinski definition) is 1. The topological polar surface area (TPSA) is 46.0 Å². The number of nitrogens with one attached hydrogen (secondary N) is 1. The van der Waals surface area contributed by atoms with Gasteiger partial charge in [0.25, 0.3) is 0 Å². The van der Waals surface area contributed by atoms with Gasteiger partial charge in [0.1, 0.15) is 11.6 Å². The van der Waals surface area contributed by atoms with E-state index >= 15 is 0 Å². The van der Waals surface area contributed by atoms with Crippen molar-refractivity contribution in [2.45, 2.75) is 70.4 Å². The standard InChI is InChI=1S/C18H31N5/c1-2-4-15(5-3-1)6-10-22-11-7-16(8-12-22)18-21-20-17-14-19-9-13-23(17)18/h15-16,19H,1-14H2. The Morgan fingerprint density at radius 1 is 0.957 bits per heavy atom. The van der Waals surface area contributed by atoms with Crippen LogP contribution in [0.15, 0.2) is 0 Å². The summed E-state index contributed by atoms with van der Waals surface area (Å²) < 4.78 is 2.37. The molecular weight excluding hydrogens is 286 g/mol. The number of hydrogen-bond acceptors (Lipinski definition) is 4. The summed E-state index contributed by atoms with van der Waals surface area (Å²) in [5.74, 6) is 4.03. The van der Waals surface area contributed by atoms with Gasteiger partial charge in [-0.1, -0.05) is 32.1 Å². The molecule has 128 valence electrons. The van der Waals surface area contributed by atoms with E-state index in [1.165, 1.54) is 76.8 Å².